The molecule has 0 aliphatic carbocycles. The smallest absolute Gasteiger partial charge is 0.407 e. The van der Waals surface area contributed by atoms with Crippen molar-refractivity contribution in [2.75, 3.05) is 12.6 Å². The summed E-state index contributed by atoms with van der Waals surface area (Å²) >= 11 is -1.22. The number of nitrogens with zero attached hydrogens (tertiary/aromatic N) is 1. The number of alkyl carbamates (subject to hydrolysis) is 1. The third kappa shape index (κ3) is 8.44. The van der Waals surface area contributed by atoms with Crippen molar-refractivity contribution in [2.45, 2.75) is 31.8 Å². The molecule has 186 valence electrons. The number of hydrogen-bond donors (Lipinski definition) is 3. The second-order valence-corrected chi connectivity index (χ2v) is 9.16. The van der Waals surface area contributed by atoms with Crippen LogP contribution in [0.4, 0.5) is 10.5 Å². The van der Waals surface area contributed by atoms with Crippen molar-refractivity contribution >= 4 is 40.4 Å². The number of rotatable bonds is 11. The molecule has 0 saturated heterocycles. The van der Waals surface area contributed by atoms with Gasteiger partial charge in [-0.05, 0) is 36.6 Å². The first-order valence-corrected chi connectivity index (χ1v) is 12.4. The Morgan fingerprint density at radius 3 is 2.34 bits per heavy atom. The van der Waals surface area contributed by atoms with Crippen LogP contribution in [0.3, 0.4) is 0 Å². The van der Waals surface area contributed by atoms with Gasteiger partial charge in [0, 0.05) is 11.8 Å². The van der Waals surface area contributed by atoms with E-state index in [0.717, 1.165) is 16.1 Å². The number of aryl methyl sites for hydroxylation is 1. The van der Waals surface area contributed by atoms with Crippen LogP contribution < -0.4 is 16.1 Å². The zero-order chi connectivity index (χ0) is 25.2. The number of aromatic nitrogens is 1. The number of benzene rings is 2. The number of thiazole rings is 1. The van der Waals surface area contributed by atoms with Crippen LogP contribution in [0.5, 0.6) is 0 Å². The van der Waals surface area contributed by atoms with Crippen molar-refractivity contribution in [1.82, 2.24) is 15.6 Å². The van der Waals surface area contributed by atoms with E-state index in [1.54, 1.807) is 24.3 Å². The normalized spacial score (nSPS) is 13.3. The minimum atomic E-state index is -2.69. The number of carbonyl (C=O) groups excluding carboxylic acids is 2. The highest BCUT2D eigenvalue weighted by Crippen LogP contribution is 2.22. The van der Waals surface area contributed by atoms with Crippen LogP contribution in [-0.4, -0.2) is 38.9 Å². The first-order valence-electron chi connectivity index (χ1n) is 10.6. The van der Waals surface area contributed by atoms with Gasteiger partial charge in [0.15, 0.2) is 0 Å². The van der Waals surface area contributed by atoms with Crippen molar-refractivity contribution in [2.24, 2.45) is 0 Å². The Labute approximate surface area is 209 Å². The van der Waals surface area contributed by atoms with Gasteiger partial charge in [0.1, 0.15) is 17.4 Å². The maximum absolute atomic E-state index is 13.3. The molecule has 0 fully saturated rings. The molecule has 3 N–H and O–H groups in total. The topological polar surface area (TPSA) is 142 Å². The van der Waals surface area contributed by atoms with Crippen molar-refractivity contribution in [3.8, 4) is 0 Å². The van der Waals surface area contributed by atoms with E-state index in [9.17, 15) is 18.4 Å². The average molecular weight is 518 g/mol. The molecular weight excluding hydrogens is 492 g/mol. The predicted molar refractivity (Wildman–Crippen MR) is 131 cm³/mol. The number of nitrogens with one attached hydrogen (secondary N) is 3. The van der Waals surface area contributed by atoms with Crippen molar-refractivity contribution in [3.63, 3.8) is 0 Å². The number of hydrogen-bond acceptors (Lipinski definition) is 9. The van der Waals surface area contributed by atoms with Crippen LogP contribution in [0, 0.1) is 6.92 Å². The second-order valence-electron chi connectivity index (χ2n) is 7.52. The Hall–Kier alpha value is -3.32. The maximum Gasteiger partial charge on any atom is 0.407 e. The van der Waals surface area contributed by atoms with E-state index in [1.807, 2.05) is 42.6 Å². The van der Waals surface area contributed by atoms with E-state index in [2.05, 4.69) is 25.4 Å². The van der Waals surface area contributed by atoms with E-state index >= 15 is 0 Å². The van der Waals surface area contributed by atoms with Crippen LogP contribution in [0.2, 0.25) is 0 Å². The largest absolute Gasteiger partial charge is 0.748 e. The van der Waals surface area contributed by atoms with Crippen molar-refractivity contribution in [1.29, 1.82) is 0 Å². The minimum Gasteiger partial charge on any atom is -0.748 e. The molecule has 3 rings (SSSR count). The van der Waals surface area contributed by atoms with Gasteiger partial charge < -0.3 is 19.9 Å². The zero-order valence-corrected chi connectivity index (χ0v) is 20.7. The summed E-state index contributed by atoms with van der Waals surface area (Å²) in [6, 6.07) is 14.9. The molecule has 2 aromatic carbocycles. The molecule has 0 saturated carbocycles. The standard InChI is InChI=1S/C23H26N4O6S2/c1-15-24-21(14-34-15)19(12-17-8-10-18(11-9-17)27-33-35(30)31)25-22(28)20(26-23(29)32-2)13-16-6-4-3-5-7-16/h3-11,14,19-20,27H,12-13H2,1-2H3,(H,25,28)(H,26,29)(H,30,31)/p-1/t19-,20-/m0/s1. The molecule has 1 heterocycles. The van der Waals surface area contributed by atoms with Crippen LogP contribution in [0.1, 0.15) is 27.9 Å². The molecule has 0 radical (unpaired) electrons. The first kappa shape index (κ1) is 26.3. The zero-order valence-electron chi connectivity index (χ0n) is 19.1. The lowest BCUT2D eigenvalue weighted by atomic mass is 10.0. The Morgan fingerprint density at radius 2 is 1.74 bits per heavy atom. The quantitative estimate of drug-likeness (QED) is 0.260. The van der Waals surface area contributed by atoms with Crippen molar-refractivity contribution < 1.29 is 27.4 Å². The third-order valence-electron chi connectivity index (χ3n) is 5.01. The van der Waals surface area contributed by atoms with E-state index in [-0.39, 0.29) is 12.3 Å². The summed E-state index contributed by atoms with van der Waals surface area (Å²) in [6.45, 7) is 1.88. The van der Waals surface area contributed by atoms with Gasteiger partial charge in [0.05, 0.1) is 29.5 Å². The van der Waals surface area contributed by atoms with Gasteiger partial charge in [-0.2, -0.15) is 4.28 Å². The van der Waals surface area contributed by atoms with E-state index in [4.69, 9.17) is 4.74 Å². The molecule has 0 aliphatic rings. The summed E-state index contributed by atoms with van der Waals surface area (Å²) in [6.07, 6.45) is -0.00211. The van der Waals surface area contributed by atoms with Crippen molar-refractivity contribution in [3.05, 3.63) is 81.8 Å². The van der Waals surface area contributed by atoms with Crippen LogP contribution in [-0.2, 0) is 38.0 Å². The molecule has 0 spiro atoms. The number of methoxy groups -OCH3 is 1. The molecule has 1 aromatic heterocycles. The monoisotopic (exact) mass is 517 g/mol. The Kier molecular flexibility index (Phi) is 9.73. The third-order valence-corrected chi connectivity index (χ3v) is 6.02. The fourth-order valence-electron chi connectivity index (χ4n) is 3.33. The highest BCUT2D eigenvalue weighted by molar-refractivity contribution is 7.74. The number of carbonyl (C=O) groups is 2. The van der Waals surface area contributed by atoms with Gasteiger partial charge >= 0.3 is 6.09 Å². The summed E-state index contributed by atoms with van der Waals surface area (Å²) in [4.78, 5) is 29.7. The number of amides is 2. The van der Waals surface area contributed by atoms with Crippen LogP contribution >= 0.6 is 11.3 Å². The SMILES string of the molecule is COC(=O)N[C@@H](Cc1ccccc1)C(=O)N[C@@H](Cc1ccc(NOS(=O)[O-])cc1)c1csc(C)n1. The Balaban J connectivity index is 1.77. The molecule has 35 heavy (non-hydrogen) atoms. The summed E-state index contributed by atoms with van der Waals surface area (Å²) in [5.74, 6) is -0.375. The molecule has 10 nitrogen and oxygen atoms in total. The molecular formula is C23H25N4O6S2-. The lowest BCUT2D eigenvalue weighted by molar-refractivity contribution is -0.123. The van der Waals surface area contributed by atoms with E-state index in [1.165, 1.54) is 18.4 Å². The summed E-state index contributed by atoms with van der Waals surface area (Å²) in [5, 5.41) is 8.36. The van der Waals surface area contributed by atoms with E-state index < -0.39 is 29.5 Å². The molecule has 1 unspecified atom stereocenters. The summed E-state index contributed by atoms with van der Waals surface area (Å²) < 4.78 is 30.1. The van der Waals surface area contributed by atoms with Gasteiger partial charge in [-0.15, -0.1) is 11.3 Å². The number of anilines is 1. The maximum atomic E-state index is 13.3. The molecule has 12 heteroatoms. The first-order chi connectivity index (χ1) is 16.8. The lowest BCUT2D eigenvalue weighted by Crippen LogP contribution is -2.49. The molecule has 2 amide bonds. The van der Waals surface area contributed by atoms with Gasteiger partial charge in [-0.3, -0.25) is 10.3 Å². The molecule has 0 bridgehead atoms. The minimum absolute atomic E-state index is 0.284. The fraction of sp³-hybridized carbons (Fsp3) is 0.261. The Bertz CT molecular complexity index is 1140. The van der Waals surface area contributed by atoms with Crippen LogP contribution in [0.25, 0.3) is 0 Å². The van der Waals surface area contributed by atoms with Gasteiger partial charge in [0.25, 0.3) is 0 Å². The molecule has 0 aliphatic heterocycles. The summed E-state index contributed by atoms with van der Waals surface area (Å²) in [7, 11) is 1.24. The average Bonchev–Trinajstić information content (AvgIpc) is 3.29. The second kappa shape index (κ2) is 13.0. The fourth-order valence-corrected chi connectivity index (χ4v) is 4.16. The van der Waals surface area contributed by atoms with E-state index in [0.29, 0.717) is 17.8 Å². The molecule has 3 aromatic rings. The van der Waals surface area contributed by atoms with Gasteiger partial charge in [-0.1, -0.05) is 42.5 Å². The number of ether oxygens (including phenoxy) is 1. The highest BCUT2D eigenvalue weighted by Gasteiger charge is 2.26. The lowest BCUT2D eigenvalue weighted by Gasteiger charge is -2.23. The van der Waals surface area contributed by atoms with Gasteiger partial charge in [0.2, 0.25) is 5.91 Å². The molecule has 3 atom stereocenters. The van der Waals surface area contributed by atoms with Crippen LogP contribution in [0.15, 0.2) is 60.0 Å². The predicted octanol–water partition coefficient (Wildman–Crippen LogP) is 2.96. The Morgan fingerprint density at radius 1 is 1.06 bits per heavy atom. The summed E-state index contributed by atoms with van der Waals surface area (Å²) in [5.41, 5.74) is 5.21. The van der Waals surface area contributed by atoms with Gasteiger partial charge in [-0.25, -0.2) is 14.0 Å². The highest BCUT2D eigenvalue weighted by atomic mass is 32.2.